The number of methoxy groups -OCH3 is 2. The van der Waals surface area contributed by atoms with E-state index in [1.54, 1.807) is 25.6 Å². The number of nitrogens with one attached hydrogen (secondary N) is 1. The molecule has 2 aromatic carbocycles. The lowest BCUT2D eigenvalue weighted by atomic mass is 10.2. The Morgan fingerprint density at radius 3 is 2.48 bits per heavy atom. The Hall–Kier alpha value is -3.10. The molecule has 1 saturated heterocycles. The molecule has 1 aliphatic heterocycles. The SMILES string of the molecule is COc1cccc(NC(=O)N2CCN(Cc3nc(-c4cccc(OC)c4)cs3)CC2)c1. The van der Waals surface area contributed by atoms with Crippen molar-refractivity contribution in [2.75, 3.05) is 45.7 Å². The van der Waals surface area contributed by atoms with Crippen LogP contribution in [0, 0.1) is 0 Å². The first kappa shape index (κ1) is 21.1. The highest BCUT2D eigenvalue weighted by Crippen LogP contribution is 2.26. The van der Waals surface area contributed by atoms with Gasteiger partial charge in [0, 0.05) is 48.9 Å². The van der Waals surface area contributed by atoms with Crippen molar-refractivity contribution in [2.24, 2.45) is 0 Å². The number of carbonyl (C=O) groups is 1. The maximum absolute atomic E-state index is 12.6. The van der Waals surface area contributed by atoms with Crippen LogP contribution < -0.4 is 14.8 Å². The van der Waals surface area contributed by atoms with Crippen LogP contribution in [0.15, 0.2) is 53.9 Å². The number of urea groups is 1. The molecule has 0 spiro atoms. The normalized spacial score (nSPS) is 14.3. The molecule has 4 rings (SSSR count). The summed E-state index contributed by atoms with van der Waals surface area (Å²) >= 11 is 1.67. The Morgan fingerprint density at radius 2 is 1.74 bits per heavy atom. The van der Waals surface area contributed by atoms with Crippen LogP contribution >= 0.6 is 11.3 Å². The molecule has 2 heterocycles. The largest absolute Gasteiger partial charge is 0.497 e. The summed E-state index contributed by atoms with van der Waals surface area (Å²) in [5, 5.41) is 6.11. The molecule has 1 fully saturated rings. The van der Waals surface area contributed by atoms with E-state index in [1.807, 2.05) is 53.4 Å². The molecule has 3 aromatic rings. The first-order chi connectivity index (χ1) is 15.1. The standard InChI is InChI=1S/C23H26N4O3S/c1-29-19-7-3-5-17(13-19)21-16-31-22(25-21)15-26-9-11-27(12-10-26)23(28)24-18-6-4-8-20(14-18)30-2/h3-8,13-14,16H,9-12,15H2,1-2H3,(H,24,28). The molecule has 0 saturated carbocycles. The number of hydrogen-bond acceptors (Lipinski definition) is 6. The van der Waals surface area contributed by atoms with E-state index in [-0.39, 0.29) is 6.03 Å². The minimum atomic E-state index is -0.0811. The van der Waals surface area contributed by atoms with Crippen LogP contribution in [-0.4, -0.2) is 61.2 Å². The molecule has 0 bridgehead atoms. The van der Waals surface area contributed by atoms with E-state index in [1.165, 1.54) is 0 Å². The summed E-state index contributed by atoms with van der Waals surface area (Å²) in [4.78, 5) is 21.6. The zero-order chi connectivity index (χ0) is 21.6. The van der Waals surface area contributed by atoms with Crippen LogP contribution in [0.4, 0.5) is 10.5 Å². The number of benzene rings is 2. The molecule has 7 nitrogen and oxygen atoms in total. The van der Waals surface area contributed by atoms with E-state index in [0.717, 1.165) is 53.1 Å². The summed E-state index contributed by atoms with van der Waals surface area (Å²) in [7, 11) is 3.28. The van der Waals surface area contributed by atoms with Gasteiger partial charge in [-0.1, -0.05) is 18.2 Å². The number of nitrogens with zero attached hydrogens (tertiary/aromatic N) is 3. The molecule has 1 N–H and O–H groups in total. The molecule has 162 valence electrons. The predicted molar refractivity (Wildman–Crippen MR) is 123 cm³/mol. The third-order valence-electron chi connectivity index (χ3n) is 5.26. The Morgan fingerprint density at radius 1 is 1.03 bits per heavy atom. The maximum atomic E-state index is 12.6. The van der Waals surface area contributed by atoms with Crippen LogP contribution in [-0.2, 0) is 6.54 Å². The van der Waals surface area contributed by atoms with Crippen molar-refractivity contribution in [1.82, 2.24) is 14.8 Å². The molecule has 8 heteroatoms. The molecule has 1 aliphatic rings. The second kappa shape index (κ2) is 9.80. The average Bonchev–Trinajstić information content (AvgIpc) is 3.28. The highest BCUT2D eigenvalue weighted by Gasteiger charge is 2.22. The predicted octanol–water partition coefficient (Wildman–Crippen LogP) is 4.18. The monoisotopic (exact) mass is 438 g/mol. The van der Waals surface area contributed by atoms with E-state index in [0.29, 0.717) is 13.1 Å². The van der Waals surface area contributed by atoms with E-state index < -0.39 is 0 Å². The summed E-state index contributed by atoms with van der Waals surface area (Å²) < 4.78 is 10.5. The van der Waals surface area contributed by atoms with Gasteiger partial charge in [-0.3, -0.25) is 4.90 Å². The third-order valence-corrected chi connectivity index (χ3v) is 6.09. The van der Waals surface area contributed by atoms with E-state index in [4.69, 9.17) is 14.5 Å². The molecule has 0 unspecified atom stereocenters. The number of amides is 2. The number of ether oxygens (including phenoxy) is 2. The van der Waals surface area contributed by atoms with Gasteiger partial charge >= 0.3 is 6.03 Å². The van der Waals surface area contributed by atoms with Crippen molar-refractivity contribution in [3.63, 3.8) is 0 Å². The Balaban J connectivity index is 1.29. The summed E-state index contributed by atoms with van der Waals surface area (Å²) in [5.74, 6) is 1.55. The van der Waals surface area contributed by atoms with E-state index in [9.17, 15) is 4.79 Å². The van der Waals surface area contributed by atoms with Gasteiger partial charge in [-0.2, -0.15) is 0 Å². The molecule has 0 atom stereocenters. The molecular formula is C23H26N4O3S. The van der Waals surface area contributed by atoms with Crippen LogP contribution in [0.25, 0.3) is 11.3 Å². The van der Waals surface area contributed by atoms with Crippen molar-refractivity contribution in [2.45, 2.75) is 6.54 Å². The van der Waals surface area contributed by atoms with Crippen molar-refractivity contribution in [3.05, 3.63) is 58.9 Å². The van der Waals surface area contributed by atoms with Crippen LogP contribution in [0.1, 0.15) is 5.01 Å². The highest BCUT2D eigenvalue weighted by atomic mass is 32.1. The number of anilines is 1. The molecule has 0 radical (unpaired) electrons. The lowest BCUT2D eigenvalue weighted by Crippen LogP contribution is -2.49. The molecule has 31 heavy (non-hydrogen) atoms. The topological polar surface area (TPSA) is 66.9 Å². The lowest BCUT2D eigenvalue weighted by molar-refractivity contribution is 0.143. The fourth-order valence-electron chi connectivity index (χ4n) is 3.50. The van der Waals surface area contributed by atoms with Gasteiger partial charge in [-0.15, -0.1) is 11.3 Å². The Kier molecular flexibility index (Phi) is 6.69. The highest BCUT2D eigenvalue weighted by molar-refractivity contribution is 7.09. The average molecular weight is 439 g/mol. The fourth-order valence-corrected chi connectivity index (χ4v) is 4.35. The van der Waals surface area contributed by atoms with Crippen molar-refractivity contribution >= 4 is 23.1 Å². The number of carbonyl (C=O) groups excluding carboxylic acids is 1. The van der Waals surface area contributed by atoms with Crippen LogP contribution in [0.5, 0.6) is 11.5 Å². The van der Waals surface area contributed by atoms with Gasteiger partial charge in [0.15, 0.2) is 0 Å². The summed E-state index contributed by atoms with van der Waals surface area (Å²) in [6.45, 7) is 3.80. The van der Waals surface area contributed by atoms with Crippen LogP contribution in [0.2, 0.25) is 0 Å². The fraction of sp³-hybridized carbons (Fsp3) is 0.304. The second-order valence-electron chi connectivity index (χ2n) is 7.28. The van der Waals surface area contributed by atoms with Crippen molar-refractivity contribution in [1.29, 1.82) is 0 Å². The van der Waals surface area contributed by atoms with Gasteiger partial charge in [-0.25, -0.2) is 9.78 Å². The minimum Gasteiger partial charge on any atom is -0.497 e. The van der Waals surface area contributed by atoms with E-state index >= 15 is 0 Å². The number of piperazine rings is 1. The Bertz CT molecular complexity index is 1030. The molecular weight excluding hydrogens is 412 g/mol. The van der Waals surface area contributed by atoms with Crippen LogP contribution in [0.3, 0.4) is 0 Å². The number of thiazole rings is 1. The minimum absolute atomic E-state index is 0.0811. The van der Waals surface area contributed by atoms with Gasteiger partial charge in [0.1, 0.15) is 16.5 Å². The first-order valence-electron chi connectivity index (χ1n) is 10.2. The number of aromatic nitrogens is 1. The summed E-state index contributed by atoms with van der Waals surface area (Å²) in [5.41, 5.74) is 2.76. The molecule has 1 aromatic heterocycles. The van der Waals surface area contributed by atoms with Gasteiger partial charge in [0.05, 0.1) is 26.5 Å². The van der Waals surface area contributed by atoms with Gasteiger partial charge in [0.2, 0.25) is 0 Å². The van der Waals surface area contributed by atoms with E-state index in [2.05, 4.69) is 15.6 Å². The molecule has 2 amide bonds. The van der Waals surface area contributed by atoms with Crippen molar-refractivity contribution < 1.29 is 14.3 Å². The zero-order valence-electron chi connectivity index (χ0n) is 17.7. The summed E-state index contributed by atoms with van der Waals surface area (Å²) in [6.07, 6.45) is 0. The third kappa shape index (κ3) is 5.34. The number of hydrogen-bond donors (Lipinski definition) is 1. The maximum Gasteiger partial charge on any atom is 0.321 e. The second-order valence-corrected chi connectivity index (χ2v) is 8.23. The Labute approximate surface area is 186 Å². The molecule has 0 aliphatic carbocycles. The van der Waals surface area contributed by atoms with Gasteiger partial charge in [0.25, 0.3) is 0 Å². The summed E-state index contributed by atoms with van der Waals surface area (Å²) in [6, 6.07) is 15.3. The lowest BCUT2D eigenvalue weighted by Gasteiger charge is -2.34. The van der Waals surface area contributed by atoms with Gasteiger partial charge < -0.3 is 19.7 Å². The zero-order valence-corrected chi connectivity index (χ0v) is 18.5. The smallest absolute Gasteiger partial charge is 0.321 e. The van der Waals surface area contributed by atoms with Crippen molar-refractivity contribution in [3.8, 4) is 22.8 Å². The quantitative estimate of drug-likeness (QED) is 0.626. The first-order valence-corrected chi connectivity index (χ1v) is 11.0. The van der Waals surface area contributed by atoms with Gasteiger partial charge in [-0.05, 0) is 24.3 Å². The number of rotatable bonds is 6.